The Hall–Kier alpha value is -3.77. The highest BCUT2D eigenvalue weighted by atomic mass is 32.2. The van der Waals surface area contributed by atoms with Crippen LogP contribution in [-0.4, -0.2) is 58.2 Å². The minimum absolute atomic E-state index is 0.117. The largest absolute Gasteiger partial charge is 0.358 e. The Morgan fingerprint density at radius 2 is 1.95 bits per heavy atom. The Bertz CT molecular complexity index is 1730. The van der Waals surface area contributed by atoms with Gasteiger partial charge in [0.15, 0.2) is 5.65 Å². The lowest BCUT2D eigenvalue weighted by Gasteiger charge is -2.25. The minimum atomic E-state index is -3.58. The second kappa shape index (κ2) is 10.6. The molecule has 3 aromatic heterocycles. The molecular formula is C29H35N7O4S. The van der Waals surface area contributed by atoms with Gasteiger partial charge in [-0.15, -0.1) is 0 Å². The first-order valence-electron chi connectivity index (χ1n) is 13.9. The number of nitrogens with one attached hydrogen (secondary N) is 1. The lowest BCUT2D eigenvalue weighted by molar-refractivity contribution is -0.119. The molecule has 4 aromatic rings. The SMILES string of the molecule is Cc1nc2c(Nc3ccc(-c4cn(C)cn4)cc3N(C)S(C)(=O)=O)cc(CC(=O)C3CC3)nc2n1C1CCCCO1. The molecule has 4 heterocycles. The van der Waals surface area contributed by atoms with Gasteiger partial charge >= 0.3 is 0 Å². The maximum absolute atomic E-state index is 12.8. The van der Waals surface area contributed by atoms with Gasteiger partial charge in [-0.3, -0.25) is 13.7 Å². The molecule has 0 amide bonds. The molecule has 1 N–H and O–H groups in total. The van der Waals surface area contributed by atoms with Gasteiger partial charge < -0.3 is 14.6 Å². The zero-order chi connectivity index (χ0) is 28.9. The molecule has 1 atom stereocenters. The molecule has 0 bridgehead atoms. The number of Topliss-reactive ketones (excluding diaryl/α,β-unsaturated/α-hetero) is 1. The molecule has 0 spiro atoms. The number of carbonyl (C=O) groups is 1. The van der Waals surface area contributed by atoms with Crippen LogP contribution >= 0.6 is 0 Å². The molecule has 1 aliphatic carbocycles. The van der Waals surface area contributed by atoms with Crippen molar-refractivity contribution in [2.75, 3.05) is 29.5 Å². The van der Waals surface area contributed by atoms with Crippen molar-refractivity contribution in [3.8, 4) is 11.3 Å². The number of ether oxygens (including phenoxy) is 1. The van der Waals surface area contributed by atoms with Gasteiger partial charge in [0, 0.05) is 44.8 Å². The number of aromatic nitrogens is 5. The van der Waals surface area contributed by atoms with Crippen LogP contribution in [0.15, 0.2) is 36.8 Å². The highest BCUT2D eigenvalue weighted by Crippen LogP contribution is 2.38. The van der Waals surface area contributed by atoms with Crippen LogP contribution in [0.25, 0.3) is 22.4 Å². The third-order valence-corrected chi connectivity index (χ3v) is 9.01. The molecule has 1 aliphatic heterocycles. The zero-order valence-corrected chi connectivity index (χ0v) is 24.6. The van der Waals surface area contributed by atoms with Gasteiger partial charge in [0.05, 0.1) is 41.0 Å². The maximum Gasteiger partial charge on any atom is 0.232 e. The fourth-order valence-electron chi connectivity index (χ4n) is 5.35. The number of fused-ring (bicyclic) bond motifs is 1. The molecular weight excluding hydrogens is 542 g/mol. The van der Waals surface area contributed by atoms with E-state index in [9.17, 15) is 13.2 Å². The lowest BCUT2D eigenvalue weighted by atomic mass is 10.1. The summed E-state index contributed by atoms with van der Waals surface area (Å²) in [4.78, 5) is 27.0. The average Bonchev–Trinajstić information content (AvgIpc) is 3.62. The molecule has 6 rings (SSSR count). The van der Waals surface area contributed by atoms with E-state index in [1.54, 1.807) is 12.4 Å². The average molecular weight is 578 g/mol. The molecule has 11 nitrogen and oxygen atoms in total. The third kappa shape index (κ3) is 5.58. The van der Waals surface area contributed by atoms with Crippen LogP contribution in [0.1, 0.15) is 49.9 Å². The first-order chi connectivity index (χ1) is 19.6. The van der Waals surface area contributed by atoms with E-state index in [-0.39, 0.29) is 24.3 Å². The van der Waals surface area contributed by atoms with Crippen LogP contribution in [0.2, 0.25) is 0 Å². The van der Waals surface area contributed by atoms with E-state index in [1.807, 2.05) is 47.5 Å². The second-order valence-corrected chi connectivity index (χ2v) is 13.1. The number of hydrogen-bond acceptors (Lipinski definition) is 8. The number of rotatable bonds is 9. The predicted octanol–water partition coefficient (Wildman–Crippen LogP) is 4.50. The van der Waals surface area contributed by atoms with Crippen molar-refractivity contribution in [3.05, 3.63) is 48.3 Å². The van der Waals surface area contributed by atoms with Crippen molar-refractivity contribution in [2.24, 2.45) is 13.0 Å². The summed E-state index contributed by atoms with van der Waals surface area (Å²) in [5, 5.41) is 3.45. The predicted molar refractivity (Wildman–Crippen MR) is 158 cm³/mol. The number of benzene rings is 1. The summed E-state index contributed by atoms with van der Waals surface area (Å²) in [7, 11) is -0.165. The second-order valence-electron chi connectivity index (χ2n) is 11.1. The van der Waals surface area contributed by atoms with Crippen LogP contribution in [-0.2, 0) is 33.0 Å². The van der Waals surface area contributed by atoms with E-state index in [0.29, 0.717) is 40.5 Å². The number of sulfonamides is 1. The van der Waals surface area contributed by atoms with E-state index < -0.39 is 10.0 Å². The van der Waals surface area contributed by atoms with Gasteiger partial charge in [0.1, 0.15) is 23.4 Å². The number of pyridine rings is 1. The number of anilines is 3. The Morgan fingerprint density at radius 1 is 1.15 bits per heavy atom. The number of aryl methyl sites for hydroxylation is 2. The van der Waals surface area contributed by atoms with E-state index in [1.165, 1.54) is 17.6 Å². The summed E-state index contributed by atoms with van der Waals surface area (Å²) in [5.41, 5.74) is 5.15. The molecule has 1 saturated heterocycles. The molecule has 1 saturated carbocycles. The Labute approximate surface area is 239 Å². The number of carbonyl (C=O) groups excluding carboxylic acids is 1. The highest BCUT2D eigenvalue weighted by Gasteiger charge is 2.30. The van der Waals surface area contributed by atoms with Gasteiger partial charge in [-0.05, 0) is 57.2 Å². The maximum atomic E-state index is 12.8. The van der Waals surface area contributed by atoms with Crippen molar-refractivity contribution in [2.45, 2.75) is 51.7 Å². The Balaban J connectivity index is 1.47. The van der Waals surface area contributed by atoms with Crippen molar-refractivity contribution < 1.29 is 17.9 Å². The van der Waals surface area contributed by atoms with Gasteiger partial charge in [-0.1, -0.05) is 6.07 Å². The molecule has 0 radical (unpaired) electrons. The smallest absolute Gasteiger partial charge is 0.232 e. The first kappa shape index (κ1) is 27.4. The summed E-state index contributed by atoms with van der Waals surface area (Å²) in [6.45, 7) is 2.61. The summed E-state index contributed by atoms with van der Waals surface area (Å²) in [5.74, 6) is 1.08. The molecule has 1 unspecified atom stereocenters. The minimum Gasteiger partial charge on any atom is -0.358 e. The van der Waals surface area contributed by atoms with Gasteiger partial charge in [-0.2, -0.15) is 0 Å². The van der Waals surface area contributed by atoms with E-state index in [2.05, 4.69) is 10.3 Å². The van der Waals surface area contributed by atoms with Crippen molar-refractivity contribution >= 4 is 44.0 Å². The Morgan fingerprint density at radius 3 is 2.61 bits per heavy atom. The molecule has 216 valence electrons. The molecule has 2 fully saturated rings. The van der Waals surface area contributed by atoms with Crippen LogP contribution in [0.4, 0.5) is 17.1 Å². The van der Waals surface area contributed by atoms with Gasteiger partial charge in [-0.25, -0.2) is 23.4 Å². The normalized spacial score (nSPS) is 17.6. The lowest BCUT2D eigenvalue weighted by Crippen LogP contribution is -2.25. The summed E-state index contributed by atoms with van der Waals surface area (Å²) < 4.78 is 36.6. The van der Waals surface area contributed by atoms with Crippen molar-refractivity contribution in [1.82, 2.24) is 24.1 Å². The molecule has 12 heteroatoms. The van der Waals surface area contributed by atoms with Crippen LogP contribution in [0, 0.1) is 12.8 Å². The highest BCUT2D eigenvalue weighted by molar-refractivity contribution is 7.92. The monoisotopic (exact) mass is 577 g/mol. The molecule has 41 heavy (non-hydrogen) atoms. The molecule has 1 aromatic carbocycles. The molecule has 2 aliphatic rings. The topological polar surface area (TPSA) is 124 Å². The number of hydrogen-bond donors (Lipinski definition) is 1. The van der Waals surface area contributed by atoms with Gasteiger partial charge in [0.2, 0.25) is 10.0 Å². The van der Waals surface area contributed by atoms with E-state index >= 15 is 0 Å². The van der Waals surface area contributed by atoms with Crippen LogP contribution in [0.5, 0.6) is 0 Å². The number of ketones is 1. The van der Waals surface area contributed by atoms with Crippen molar-refractivity contribution in [3.63, 3.8) is 0 Å². The third-order valence-electron chi connectivity index (χ3n) is 7.81. The summed E-state index contributed by atoms with van der Waals surface area (Å²) >= 11 is 0. The van der Waals surface area contributed by atoms with Crippen LogP contribution < -0.4 is 9.62 Å². The fraction of sp³-hybridized carbons (Fsp3) is 0.448. The summed E-state index contributed by atoms with van der Waals surface area (Å²) in [6.07, 6.45) is 9.62. The zero-order valence-electron chi connectivity index (χ0n) is 23.8. The fourth-order valence-corrected chi connectivity index (χ4v) is 5.86. The van der Waals surface area contributed by atoms with Gasteiger partial charge in [0.25, 0.3) is 0 Å². The number of nitrogens with zero attached hydrogens (tertiary/aromatic N) is 6. The standard InChI is InChI=1S/C29H35N7O4S/c1-18-31-28-23(14-21(15-26(37)19-8-9-19)32-29(28)36(18)27-7-5-6-12-40-27)33-22-11-10-20(24-16-34(2)17-30-24)13-25(22)35(3)41(4,38)39/h10-11,13-14,16-17,19,27H,5-9,12,15H2,1-4H3,(H,32,33). The van der Waals surface area contributed by atoms with Crippen LogP contribution in [0.3, 0.4) is 0 Å². The Kier molecular flexibility index (Phi) is 7.06. The summed E-state index contributed by atoms with van der Waals surface area (Å²) in [6, 6.07) is 7.41. The van der Waals surface area contributed by atoms with E-state index in [0.717, 1.165) is 49.2 Å². The quantitative estimate of drug-likeness (QED) is 0.308. The first-order valence-corrected chi connectivity index (χ1v) is 15.8. The van der Waals surface area contributed by atoms with Crippen molar-refractivity contribution in [1.29, 1.82) is 0 Å². The number of imidazole rings is 2. The van der Waals surface area contributed by atoms with E-state index in [4.69, 9.17) is 14.7 Å².